The number of ether oxygens (including phenoxy) is 1. The standard InChI is InChI=1S/C18H19FN4OS/c1-11-6-12(8-13(19)7-11)17-21-16(20)15-9-14(25-18(15)22-17)10-23-2-4-24-5-3-23/h6-9H,2-5,10H2,1H3,(H2,20,21,22). The van der Waals surface area contributed by atoms with Crippen LogP contribution in [-0.2, 0) is 11.3 Å². The number of aromatic nitrogens is 2. The van der Waals surface area contributed by atoms with E-state index in [2.05, 4.69) is 20.9 Å². The van der Waals surface area contributed by atoms with Crippen LogP contribution in [0.4, 0.5) is 10.2 Å². The van der Waals surface area contributed by atoms with Crippen LogP contribution in [0.25, 0.3) is 21.6 Å². The number of anilines is 1. The number of benzene rings is 1. The smallest absolute Gasteiger partial charge is 0.163 e. The molecule has 7 heteroatoms. The maximum absolute atomic E-state index is 13.7. The van der Waals surface area contributed by atoms with Crippen molar-refractivity contribution in [3.05, 3.63) is 40.5 Å². The van der Waals surface area contributed by atoms with Gasteiger partial charge >= 0.3 is 0 Å². The van der Waals surface area contributed by atoms with E-state index in [0.717, 1.165) is 48.6 Å². The lowest BCUT2D eigenvalue weighted by Gasteiger charge is -2.25. The third-order valence-corrected chi connectivity index (χ3v) is 5.27. The maximum Gasteiger partial charge on any atom is 0.163 e. The van der Waals surface area contributed by atoms with E-state index >= 15 is 0 Å². The molecule has 0 unspecified atom stereocenters. The zero-order chi connectivity index (χ0) is 17.4. The van der Waals surface area contributed by atoms with Crippen LogP contribution in [0.2, 0.25) is 0 Å². The molecule has 0 radical (unpaired) electrons. The summed E-state index contributed by atoms with van der Waals surface area (Å²) in [5, 5.41) is 0.866. The van der Waals surface area contributed by atoms with Crippen LogP contribution in [0.15, 0.2) is 24.3 Å². The van der Waals surface area contributed by atoms with Crippen molar-refractivity contribution in [3.63, 3.8) is 0 Å². The van der Waals surface area contributed by atoms with Crippen molar-refractivity contribution in [1.29, 1.82) is 0 Å². The van der Waals surface area contributed by atoms with Gasteiger partial charge in [-0.3, -0.25) is 4.90 Å². The highest BCUT2D eigenvalue weighted by Gasteiger charge is 2.15. The van der Waals surface area contributed by atoms with Gasteiger partial charge < -0.3 is 10.5 Å². The average molecular weight is 358 g/mol. The maximum atomic E-state index is 13.7. The van der Waals surface area contributed by atoms with Gasteiger partial charge in [-0.2, -0.15) is 0 Å². The summed E-state index contributed by atoms with van der Waals surface area (Å²) in [4.78, 5) is 13.4. The van der Waals surface area contributed by atoms with Gasteiger partial charge in [-0.15, -0.1) is 11.3 Å². The summed E-state index contributed by atoms with van der Waals surface area (Å²) in [6.07, 6.45) is 0. The van der Waals surface area contributed by atoms with Crippen LogP contribution in [0, 0.1) is 12.7 Å². The molecule has 0 bridgehead atoms. The monoisotopic (exact) mass is 358 g/mol. The van der Waals surface area contributed by atoms with Crippen molar-refractivity contribution >= 4 is 27.4 Å². The third kappa shape index (κ3) is 3.49. The minimum atomic E-state index is -0.295. The van der Waals surface area contributed by atoms with E-state index in [1.165, 1.54) is 17.0 Å². The van der Waals surface area contributed by atoms with Gasteiger partial charge in [0.25, 0.3) is 0 Å². The number of hydrogen-bond acceptors (Lipinski definition) is 6. The molecule has 5 nitrogen and oxygen atoms in total. The number of nitrogens with zero attached hydrogens (tertiary/aromatic N) is 3. The fraction of sp³-hybridized carbons (Fsp3) is 0.333. The summed E-state index contributed by atoms with van der Waals surface area (Å²) in [5.41, 5.74) is 7.62. The molecule has 25 heavy (non-hydrogen) atoms. The lowest BCUT2D eigenvalue weighted by atomic mass is 10.1. The van der Waals surface area contributed by atoms with Crippen molar-refractivity contribution in [3.8, 4) is 11.4 Å². The van der Waals surface area contributed by atoms with Crippen molar-refractivity contribution in [2.24, 2.45) is 0 Å². The largest absolute Gasteiger partial charge is 0.383 e. The van der Waals surface area contributed by atoms with Gasteiger partial charge in [0, 0.05) is 30.1 Å². The Morgan fingerprint density at radius 3 is 2.76 bits per heavy atom. The van der Waals surface area contributed by atoms with Gasteiger partial charge in [-0.1, -0.05) is 0 Å². The number of nitrogens with two attached hydrogens (primary N) is 1. The Kier molecular flexibility index (Phi) is 4.37. The first kappa shape index (κ1) is 16.4. The number of morpholine rings is 1. The first-order valence-electron chi connectivity index (χ1n) is 8.22. The first-order valence-corrected chi connectivity index (χ1v) is 9.04. The van der Waals surface area contributed by atoms with Gasteiger partial charge in [-0.05, 0) is 36.8 Å². The second kappa shape index (κ2) is 6.67. The highest BCUT2D eigenvalue weighted by molar-refractivity contribution is 7.18. The Labute approximate surface area is 149 Å². The molecule has 0 spiro atoms. The molecule has 1 aromatic carbocycles. The molecule has 0 aliphatic carbocycles. The van der Waals surface area contributed by atoms with Gasteiger partial charge in [0.1, 0.15) is 16.5 Å². The fourth-order valence-corrected chi connectivity index (χ4v) is 4.12. The minimum Gasteiger partial charge on any atom is -0.383 e. The Hall–Kier alpha value is -2.09. The molecule has 0 atom stereocenters. The zero-order valence-corrected chi connectivity index (χ0v) is 14.8. The van der Waals surface area contributed by atoms with E-state index in [-0.39, 0.29) is 5.82 Å². The molecular formula is C18H19FN4OS. The Morgan fingerprint density at radius 2 is 2.00 bits per heavy atom. The van der Waals surface area contributed by atoms with E-state index < -0.39 is 0 Å². The lowest BCUT2D eigenvalue weighted by Crippen LogP contribution is -2.35. The number of halogens is 1. The molecule has 2 N–H and O–H groups in total. The molecule has 0 amide bonds. The van der Waals surface area contributed by atoms with Crippen LogP contribution in [0.3, 0.4) is 0 Å². The van der Waals surface area contributed by atoms with E-state index in [4.69, 9.17) is 10.5 Å². The van der Waals surface area contributed by atoms with Crippen molar-refractivity contribution in [2.45, 2.75) is 13.5 Å². The summed E-state index contributed by atoms with van der Waals surface area (Å²) >= 11 is 1.61. The SMILES string of the molecule is Cc1cc(F)cc(-c2nc(N)c3cc(CN4CCOCC4)sc3n2)c1. The van der Waals surface area contributed by atoms with Crippen molar-refractivity contribution < 1.29 is 9.13 Å². The van der Waals surface area contributed by atoms with E-state index in [1.54, 1.807) is 11.3 Å². The first-order chi connectivity index (χ1) is 12.1. The number of aryl methyl sites for hydroxylation is 1. The number of thiophene rings is 1. The summed E-state index contributed by atoms with van der Waals surface area (Å²) in [5.74, 6) is 0.607. The zero-order valence-electron chi connectivity index (χ0n) is 14.0. The summed E-state index contributed by atoms with van der Waals surface area (Å²) in [6, 6.07) is 6.85. The van der Waals surface area contributed by atoms with E-state index in [9.17, 15) is 4.39 Å². The topological polar surface area (TPSA) is 64.3 Å². The molecule has 0 saturated carbocycles. The van der Waals surface area contributed by atoms with Crippen LogP contribution < -0.4 is 5.73 Å². The van der Waals surface area contributed by atoms with E-state index in [1.807, 2.05) is 13.0 Å². The van der Waals surface area contributed by atoms with Crippen LogP contribution in [0.5, 0.6) is 0 Å². The molecule has 3 aromatic rings. The number of rotatable bonds is 3. The average Bonchev–Trinajstić information content (AvgIpc) is 2.98. The highest BCUT2D eigenvalue weighted by Crippen LogP contribution is 2.31. The minimum absolute atomic E-state index is 0.295. The van der Waals surface area contributed by atoms with E-state index in [0.29, 0.717) is 17.2 Å². The molecule has 130 valence electrons. The van der Waals surface area contributed by atoms with Crippen molar-refractivity contribution in [1.82, 2.24) is 14.9 Å². The summed E-state index contributed by atoms with van der Waals surface area (Å²) in [7, 11) is 0. The highest BCUT2D eigenvalue weighted by atomic mass is 32.1. The van der Waals surface area contributed by atoms with Gasteiger partial charge in [0.2, 0.25) is 0 Å². The quantitative estimate of drug-likeness (QED) is 0.779. The second-order valence-corrected chi connectivity index (χ2v) is 7.38. The van der Waals surface area contributed by atoms with Crippen molar-refractivity contribution in [2.75, 3.05) is 32.0 Å². The third-order valence-electron chi connectivity index (χ3n) is 4.26. The molecule has 3 heterocycles. The molecule has 1 aliphatic heterocycles. The predicted molar refractivity (Wildman–Crippen MR) is 98.1 cm³/mol. The Morgan fingerprint density at radius 1 is 1.20 bits per heavy atom. The van der Waals surface area contributed by atoms with Crippen LogP contribution >= 0.6 is 11.3 Å². The summed E-state index contributed by atoms with van der Waals surface area (Å²) < 4.78 is 19.1. The molecule has 4 rings (SSSR count). The summed E-state index contributed by atoms with van der Waals surface area (Å²) in [6.45, 7) is 6.12. The second-order valence-electron chi connectivity index (χ2n) is 6.27. The Bertz CT molecular complexity index is 901. The molecule has 1 fully saturated rings. The molecule has 2 aromatic heterocycles. The number of nitrogen functional groups attached to an aromatic ring is 1. The van der Waals surface area contributed by atoms with Gasteiger partial charge in [0.05, 0.1) is 18.6 Å². The lowest BCUT2D eigenvalue weighted by molar-refractivity contribution is 0.0346. The number of fused-ring (bicyclic) bond motifs is 1. The van der Waals surface area contributed by atoms with Gasteiger partial charge in [-0.25, -0.2) is 14.4 Å². The number of hydrogen-bond donors (Lipinski definition) is 1. The van der Waals surface area contributed by atoms with Crippen LogP contribution in [-0.4, -0.2) is 41.2 Å². The fourth-order valence-electron chi connectivity index (χ4n) is 3.05. The van der Waals surface area contributed by atoms with Crippen LogP contribution in [0.1, 0.15) is 10.4 Å². The normalized spacial score (nSPS) is 15.8. The molecular weight excluding hydrogens is 339 g/mol. The van der Waals surface area contributed by atoms with Gasteiger partial charge in [0.15, 0.2) is 5.82 Å². The Balaban J connectivity index is 1.69. The molecule has 1 saturated heterocycles. The predicted octanol–water partition coefficient (Wildman–Crippen LogP) is 3.22. The molecule has 1 aliphatic rings.